The number of carbonyl (C=O) groups is 3. The van der Waals surface area contributed by atoms with E-state index >= 15 is 0 Å². The Morgan fingerprint density at radius 3 is 1.74 bits per heavy atom. The molecule has 0 aliphatic heterocycles. The molecule has 6 aromatic carbocycles. The molecular weight excluding hydrogens is 1290 g/mol. The summed E-state index contributed by atoms with van der Waals surface area (Å²) in [7, 11) is -12.1. The van der Waals surface area contributed by atoms with Crippen LogP contribution in [0.2, 0.25) is 0 Å². The molecule has 0 saturated heterocycles. The summed E-state index contributed by atoms with van der Waals surface area (Å²) in [6.07, 6.45) is 14.2. The molecule has 0 radical (unpaired) electrons. The number of pyridine rings is 2. The lowest BCUT2D eigenvalue weighted by Gasteiger charge is -2.15. The van der Waals surface area contributed by atoms with Crippen LogP contribution in [0.25, 0.3) is 22.4 Å². The summed E-state index contributed by atoms with van der Waals surface area (Å²) in [4.78, 5) is 52.1. The van der Waals surface area contributed by atoms with E-state index in [1.807, 2.05) is 0 Å². The predicted molar refractivity (Wildman–Crippen MR) is 337 cm³/mol. The summed E-state index contributed by atoms with van der Waals surface area (Å²) < 4.78 is 152. The first kappa shape index (κ1) is 66.8. The topological polar surface area (TPSA) is 282 Å². The van der Waals surface area contributed by atoms with E-state index in [1.54, 1.807) is 121 Å². The highest BCUT2D eigenvalue weighted by Crippen LogP contribution is 2.34. The van der Waals surface area contributed by atoms with Gasteiger partial charge in [-0.05, 0) is 135 Å². The Morgan fingerprint density at radius 2 is 1.12 bits per heavy atom. The van der Waals surface area contributed by atoms with E-state index in [0.717, 1.165) is 41.4 Å². The quantitative estimate of drug-likeness (QED) is 0.0501. The summed E-state index contributed by atoms with van der Waals surface area (Å²) >= 11 is 0. The highest BCUT2D eigenvalue weighted by Gasteiger charge is 2.28. The Morgan fingerprint density at radius 1 is 0.537 bits per heavy atom. The second-order valence-corrected chi connectivity index (χ2v) is 26.7. The molecule has 0 saturated carbocycles. The molecule has 0 spiro atoms. The number of nitrogens with zero attached hydrogens (tertiary/aromatic N) is 6. The fraction of sp³-hybridized carbons (Fsp3) is 0.119. The van der Waals surface area contributed by atoms with Gasteiger partial charge in [-0.1, -0.05) is 42.5 Å². The molecule has 0 aliphatic carbocycles. The van der Waals surface area contributed by atoms with Crippen molar-refractivity contribution in [1.29, 1.82) is 0 Å². The van der Waals surface area contributed by atoms with Crippen molar-refractivity contribution in [2.24, 2.45) is 0 Å². The third-order valence-corrected chi connectivity index (χ3v) is 19.4. The van der Waals surface area contributed by atoms with E-state index in [0.29, 0.717) is 45.2 Å². The van der Waals surface area contributed by atoms with Crippen LogP contribution >= 0.6 is 0 Å². The molecule has 0 aliphatic rings. The van der Waals surface area contributed by atoms with Gasteiger partial charge < -0.3 is 34.2 Å². The molecule has 0 unspecified atom stereocenters. The number of sulfone groups is 3. The van der Waals surface area contributed by atoms with Crippen molar-refractivity contribution in [2.75, 3.05) is 6.61 Å². The van der Waals surface area contributed by atoms with E-state index in [4.69, 9.17) is 13.9 Å². The van der Waals surface area contributed by atoms with Crippen molar-refractivity contribution in [3.8, 4) is 11.5 Å². The van der Waals surface area contributed by atoms with Crippen LogP contribution in [0.4, 0.5) is 17.6 Å². The average Bonchev–Trinajstić information content (AvgIpc) is 1.74. The van der Waals surface area contributed by atoms with Gasteiger partial charge in [0.05, 0.1) is 49.6 Å². The first-order chi connectivity index (χ1) is 45.5. The zero-order valence-corrected chi connectivity index (χ0v) is 52.8. The number of hydrogen-bond acceptors (Lipinski definition) is 16. The number of rotatable bonds is 19. The minimum atomic E-state index is -4.14. The van der Waals surface area contributed by atoms with Crippen molar-refractivity contribution >= 4 is 69.6 Å². The number of ether oxygens (including phenoxy) is 2. The van der Waals surface area contributed by atoms with Crippen molar-refractivity contribution in [3.63, 3.8) is 0 Å². The van der Waals surface area contributed by atoms with Crippen LogP contribution in [0.15, 0.2) is 241 Å². The highest BCUT2D eigenvalue weighted by molar-refractivity contribution is 7.92. The highest BCUT2D eigenvalue weighted by atomic mass is 32.2. The number of hydrogen-bond donors (Lipinski definition) is 3. The minimum absolute atomic E-state index is 0.0348. The van der Waals surface area contributed by atoms with Crippen LogP contribution in [0.1, 0.15) is 68.7 Å². The fourth-order valence-corrected chi connectivity index (χ4v) is 13.4. The van der Waals surface area contributed by atoms with Crippen LogP contribution < -0.4 is 25.4 Å². The van der Waals surface area contributed by atoms with Crippen molar-refractivity contribution in [3.05, 3.63) is 264 Å². The Bertz CT molecular complexity index is 5120. The number of aromatic nitrogens is 6. The number of halogens is 4. The third-order valence-electron chi connectivity index (χ3n) is 14.0. The number of amides is 3. The van der Waals surface area contributed by atoms with Crippen molar-refractivity contribution in [1.82, 2.24) is 44.7 Å². The monoisotopic (exact) mass is 1350 g/mol. The summed E-state index contributed by atoms with van der Waals surface area (Å²) in [5, 5.41) is 9.01. The zero-order valence-electron chi connectivity index (χ0n) is 50.4. The molecule has 6 aromatic heterocycles. The summed E-state index contributed by atoms with van der Waals surface area (Å²) in [5.41, 5.74) is 4.08. The third kappa shape index (κ3) is 15.9. The Balaban J connectivity index is 0.000000155. The maximum Gasteiger partial charge on any atom is 0.287 e. The minimum Gasteiger partial charge on any atom is -0.492 e. The maximum atomic E-state index is 14.4. The standard InChI is InChI=1S/C23H21FN4O4S.C23H19FN2O5S.C21H15F2N3O3S/c1-15(2)32-20-11-18(24)5-8-21(20)33(30,31)19-6-3-16(4-7-19)12-26-22(29)17-13-27-23-25-9-10-28(23)14-17;1-2-30-19-5-3-4-18(24)22(19)32(28,29)17-8-6-15(7-9-17)13-26-23(27)20-12-16-10-11-25-14-21(16)31-20;22-16-9-17(23)11-19(10-16)30(28,29)18-4-1-14(2-5-18)12-25-21(27)15-3-6-20-24-7-8-26(20)13-15/h3-11,13-15H,12H2,1-2H3,(H,26,29);3-12,14H,2,13H2,1H3,(H,26,27);1-11,13H,12H2,(H,25,27). The number of fused-ring (bicyclic) bond motifs is 3. The Labute approximate surface area is 540 Å². The SMILES string of the molecule is CC(C)Oc1cc(F)ccc1S(=O)(=O)c1ccc(CNC(=O)c2cnc3nccn3c2)cc1.CCOc1cccc(F)c1S(=O)(=O)c1ccc(CNC(=O)c2cc3ccncc3o2)cc1.O=C(NCc1ccc(S(=O)(=O)c2cc(F)cc(F)c2)cc1)c1ccc2nccn2c1. The van der Waals surface area contributed by atoms with Gasteiger partial charge in [-0.25, -0.2) is 57.8 Å². The van der Waals surface area contributed by atoms with Gasteiger partial charge in [0.15, 0.2) is 11.3 Å². The predicted octanol–water partition coefficient (Wildman–Crippen LogP) is 10.9. The molecule has 95 heavy (non-hydrogen) atoms. The Kier molecular flexibility index (Phi) is 20.3. The fourth-order valence-electron chi connectivity index (χ4n) is 9.32. The van der Waals surface area contributed by atoms with Gasteiger partial charge in [0.25, 0.3) is 17.7 Å². The summed E-state index contributed by atoms with van der Waals surface area (Å²) in [5.74, 6) is -3.87. The van der Waals surface area contributed by atoms with Gasteiger partial charge in [-0.15, -0.1) is 0 Å². The molecule has 0 fully saturated rings. The number of imidazole rings is 2. The van der Waals surface area contributed by atoms with Gasteiger partial charge in [0, 0.05) is 86.7 Å². The van der Waals surface area contributed by atoms with Crippen LogP contribution in [-0.4, -0.2) is 84.4 Å². The van der Waals surface area contributed by atoms with E-state index in [9.17, 15) is 57.2 Å². The van der Waals surface area contributed by atoms with Gasteiger partial charge in [-0.3, -0.25) is 23.8 Å². The molecule has 28 heteroatoms. The number of furan rings is 1. The summed E-state index contributed by atoms with van der Waals surface area (Å²) in [6.45, 7) is 5.87. The van der Waals surface area contributed by atoms with Crippen LogP contribution in [0, 0.1) is 23.3 Å². The molecular formula is C67H55F4N9O12S3. The first-order valence-electron chi connectivity index (χ1n) is 28.7. The van der Waals surface area contributed by atoms with Crippen molar-refractivity contribution in [2.45, 2.75) is 75.9 Å². The number of nitrogens with one attached hydrogen (secondary N) is 3. The van der Waals surface area contributed by atoms with Crippen LogP contribution in [0.3, 0.4) is 0 Å². The lowest BCUT2D eigenvalue weighted by Crippen LogP contribution is -2.23. The molecule has 3 amide bonds. The molecule has 12 rings (SSSR count). The summed E-state index contributed by atoms with van der Waals surface area (Å²) in [6, 6.07) is 33.8. The molecule has 0 atom stereocenters. The molecule has 3 N–H and O–H groups in total. The average molecular weight is 1350 g/mol. The van der Waals surface area contributed by atoms with E-state index < -0.39 is 68.5 Å². The molecule has 12 aromatic rings. The first-order valence-corrected chi connectivity index (χ1v) is 33.2. The Hall–Kier alpha value is -11.1. The van der Waals surface area contributed by atoms with Crippen LogP contribution in [-0.2, 0) is 49.1 Å². The van der Waals surface area contributed by atoms with Crippen molar-refractivity contribution < 1.29 is 71.1 Å². The van der Waals surface area contributed by atoms with E-state index in [1.165, 1.54) is 79.1 Å². The largest absolute Gasteiger partial charge is 0.492 e. The second kappa shape index (κ2) is 28.8. The number of carbonyl (C=O) groups excluding carboxylic acids is 3. The lowest BCUT2D eigenvalue weighted by molar-refractivity contribution is 0.0922. The maximum absolute atomic E-state index is 14.4. The second-order valence-electron chi connectivity index (χ2n) is 21.0. The van der Waals surface area contributed by atoms with Gasteiger partial charge in [0.2, 0.25) is 35.3 Å². The van der Waals surface area contributed by atoms with E-state index in [-0.39, 0.29) is 81.0 Å². The zero-order chi connectivity index (χ0) is 67.6. The molecule has 486 valence electrons. The van der Waals surface area contributed by atoms with Gasteiger partial charge in [-0.2, -0.15) is 0 Å². The molecule has 0 bridgehead atoms. The van der Waals surface area contributed by atoms with Gasteiger partial charge in [0.1, 0.15) is 50.2 Å². The van der Waals surface area contributed by atoms with Gasteiger partial charge >= 0.3 is 0 Å². The normalized spacial score (nSPS) is 11.5. The van der Waals surface area contributed by atoms with Crippen LogP contribution in [0.5, 0.6) is 11.5 Å². The van der Waals surface area contributed by atoms with E-state index in [2.05, 4.69) is 35.9 Å². The molecule has 21 nitrogen and oxygen atoms in total. The molecule has 6 heterocycles. The smallest absolute Gasteiger partial charge is 0.287 e. The number of benzene rings is 6. The lowest BCUT2D eigenvalue weighted by atomic mass is 10.2.